The molecule has 1 saturated heterocycles. The van der Waals surface area contributed by atoms with Gasteiger partial charge in [-0.25, -0.2) is 9.18 Å². The van der Waals surface area contributed by atoms with Crippen LogP contribution >= 0.6 is 15.9 Å². The van der Waals surface area contributed by atoms with E-state index in [1.807, 2.05) is 19.1 Å². The number of rotatable bonds is 4. The van der Waals surface area contributed by atoms with Crippen LogP contribution in [-0.4, -0.2) is 46.7 Å². The molecule has 1 aliphatic heterocycles. The summed E-state index contributed by atoms with van der Waals surface area (Å²) in [5, 5.41) is 8.86. The second kappa shape index (κ2) is 6.24. The quantitative estimate of drug-likeness (QED) is 0.880. The van der Waals surface area contributed by atoms with E-state index in [-0.39, 0.29) is 13.0 Å². The van der Waals surface area contributed by atoms with Crippen molar-refractivity contribution < 1.29 is 23.8 Å². The van der Waals surface area contributed by atoms with E-state index in [0.717, 1.165) is 10.0 Å². The number of aryl methyl sites for hydroxylation is 1. The summed E-state index contributed by atoms with van der Waals surface area (Å²) in [6.07, 6.45) is -1.02. The number of ether oxygens (including phenoxy) is 1. The summed E-state index contributed by atoms with van der Waals surface area (Å²) in [7, 11) is 0. The third kappa shape index (κ3) is 3.40. The lowest BCUT2D eigenvalue weighted by molar-refractivity contribution is -0.150. The summed E-state index contributed by atoms with van der Waals surface area (Å²) < 4.78 is 20.3. The molecule has 1 fully saturated rings. The Morgan fingerprint density at radius 2 is 2.18 bits per heavy atom. The maximum atomic E-state index is 14.0. The summed E-state index contributed by atoms with van der Waals surface area (Å²) >= 11 is 3.36. The van der Waals surface area contributed by atoms with Gasteiger partial charge in [0.2, 0.25) is 5.67 Å². The molecule has 1 aromatic rings. The number of halogens is 2. The Hall–Kier alpha value is -1.63. The molecule has 22 heavy (non-hydrogen) atoms. The smallest absolute Gasteiger partial charge is 0.343 e. The number of alkyl halides is 1. The van der Waals surface area contributed by atoms with E-state index < -0.39 is 30.2 Å². The highest BCUT2D eigenvalue weighted by Crippen LogP contribution is 2.29. The van der Waals surface area contributed by atoms with Crippen LogP contribution in [-0.2, 0) is 9.59 Å². The Morgan fingerprint density at radius 1 is 1.50 bits per heavy atom. The van der Waals surface area contributed by atoms with Crippen LogP contribution in [0.1, 0.15) is 18.9 Å². The highest BCUT2D eigenvalue weighted by atomic mass is 79.9. The van der Waals surface area contributed by atoms with Crippen LogP contribution in [0.4, 0.5) is 4.39 Å². The number of carboxylic acid groups (broad SMARTS) is 1. The van der Waals surface area contributed by atoms with Crippen molar-refractivity contribution >= 4 is 27.8 Å². The number of carbonyl (C=O) groups is 2. The average Bonchev–Trinajstić information content (AvgIpc) is 2.85. The number of hydrogen-bond acceptors (Lipinski definition) is 3. The van der Waals surface area contributed by atoms with Gasteiger partial charge < -0.3 is 14.7 Å². The molecular weight excluding hydrogens is 357 g/mol. The van der Waals surface area contributed by atoms with Crippen LogP contribution in [0.25, 0.3) is 0 Å². The van der Waals surface area contributed by atoms with E-state index in [1.54, 1.807) is 13.0 Å². The molecule has 1 N–H and O–H groups in total. The molecule has 7 heteroatoms. The van der Waals surface area contributed by atoms with Crippen LogP contribution in [0.3, 0.4) is 0 Å². The van der Waals surface area contributed by atoms with Crippen LogP contribution in [0, 0.1) is 6.92 Å². The van der Waals surface area contributed by atoms with E-state index in [1.165, 1.54) is 4.90 Å². The Kier molecular flexibility index (Phi) is 4.75. The van der Waals surface area contributed by atoms with Crippen molar-refractivity contribution in [2.75, 3.05) is 13.1 Å². The summed E-state index contributed by atoms with van der Waals surface area (Å²) in [5.41, 5.74) is -1.32. The Morgan fingerprint density at radius 3 is 2.73 bits per heavy atom. The molecule has 1 amide bonds. The molecule has 0 bridgehead atoms. The largest absolute Gasteiger partial charge is 0.480 e. The first-order valence-electron chi connectivity index (χ1n) is 6.87. The lowest BCUT2D eigenvalue weighted by atomic mass is 10.1. The summed E-state index contributed by atoms with van der Waals surface area (Å²) in [6.45, 7) is 3.13. The van der Waals surface area contributed by atoms with Crippen LogP contribution in [0.5, 0.6) is 5.75 Å². The van der Waals surface area contributed by atoms with Crippen molar-refractivity contribution in [3.05, 3.63) is 28.2 Å². The number of benzene rings is 1. The zero-order valence-corrected chi connectivity index (χ0v) is 13.9. The fourth-order valence-corrected chi connectivity index (χ4v) is 2.92. The van der Waals surface area contributed by atoms with Gasteiger partial charge in [0.15, 0.2) is 6.10 Å². The third-order valence-corrected chi connectivity index (χ3v) is 4.27. The number of carboxylic acids is 1. The molecule has 2 rings (SSSR count). The van der Waals surface area contributed by atoms with Crippen LogP contribution in [0.15, 0.2) is 22.7 Å². The molecule has 0 aromatic heterocycles. The Balaban J connectivity index is 2.03. The normalized spacial score (nSPS) is 22.5. The fraction of sp³-hybridized carbons (Fsp3) is 0.467. The number of hydrogen-bond donors (Lipinski definition) is 1. The van der Waals surface area contributed by atoms with Gasteiger partial charge in [-0.05, 0) is 47.5 Å². The summed E-state index contributed by atoms with van der Waals surface area (Å²) in [4.78, 5) is 24.3. The van der Waals surface area contributed by atoms with Crippen molar-refractivity contribution in [1.29, 1.82) is 0 Å². The van der Waals surface area contributed by atoms with Crippen molar-refractivity contribution in [1.82, 2.24) is 4.90 Å². The van der Waals surface area contributed by atoms with Gasteiger partial charge in [0, 0.05) is 13.0 Å². The van der Waals surface area contributed by atoms with Crippen LogP contribution < -0.4 is 4.74 Å². The summed E-state index contributed by atoms with van der Waals surface area (Å²) in [6, 6.07) is 5.45. The van der Waals surface area contributed by atoms with Gasteiger partial charge in [0.1, 0.15) is 5.75 Å². The van der Waals surface area contributed by atoms with Gasteiger partial charge in [-0.15, -0.1) is 0 Å². The Bertz CT molecular complexity index is 609. The fourth-order valence-electron chi connectivity index (χ4n) is 2.33. The first-order chi connectivity index (χ1) is 10.2. The monoisotopic (exact) mass is 373 g/mol. The maximum Gasteiger partial charge on any atom is 0.343 e. The van der Waals surface area contributed by atoms with E-state index in [4.69, 9.17) is 9.84 Å². The molecular formula is C15H17BrFNO4. The van der Waals surface area contributed by atoms with Gasteiger partial charge in [-0.3, -0.25) is 4.79 Å². The maximum absolute atomic E-state index is 14.0. The molecule has 120 valence electrons. The average molecular weight is 374 g/mol. The number of aliphatic carboxylic acids is 1. The zero-order chi connectivity index (χ0) is 16.5. The number of nitrogens with zero attached hydrogens (tertiary/aromatic N) is 1. The highest BCUT2D eigenvalue weighted by Gasteiger charge is 2.47. The van der Waals surface area contributed by atoms with Crippen LogP contribution in [0.2, 0.25) is 0 Å². The van der Waals surface area contributed by atoms with Gasteiger partial charge in [0.25, 0.3) is 5.91 Å². The topological polar surface area (TPSA) is 66.8 Å². The van der Waals surface area contributed by atoms with Gasteiger partial charge in [-0.1, -0.05) is 6.07 Å². The van der Waals surface area contributed by atoms with E-state index in [0.29, 0.717) is 5.75 Å². The minimum atomic E-state index is -2.36. The SMILES string of the molecule is Cc1ccc(OC(C)C(=O)N2CCC(F)(C(=O)O)C2)c(Br)c1. The zero-order valence-electron chi connectivity index (χ0n) is 12.3. The number of likely N-dealkylation sites (tertiary alicyclic amines) is 1. The predicted molar refractivity (Wildman–Crippen MR) is 81.6 cm³/mol. The summed E-state index contributed by atoms with van der Waals surface area (Å²) in [5.74, 6) is -1.44. The second-order valence-electron chi connectivity index (χ2n) is 5.47. The minimum absolute atomic E-state index is 0.0738. The predicted octanol–water partition coefficient (Wildman–Crippen LogP) is 2.55. The molecule has 2 atom stereocenters. The molecule has 1 aromatic carbocycles. The lowest BCUT2D eigenvalue weighted by Crippen LogP contribution is -2.43. The van der Waals surface area contributed by atoms with E-state index in [2.05, 4.69) is 15.9 Å². The molecule has 1 aliphatic rings. The van der Waals surface area contributed by atoms with Crippen molar-refractivity contribution in [3.63, 3.8) is 0 Å². The number of amides is 1. The molecule has 0 spiro atoms. The molecule has 0 radical (unpaired) electrons. The van der Waals surface area contributed by atoms with Gasteiger partial charge >= 0.3 is 5.97 Å². The van der Waals surface area contributed by atoms with Crippen molar-refractivity contribution in [2.24, 2.45) is 0 Å². The first-order valence-corrected chi connectivity index (χ1v) is 7.66. The van der Waals surface area contributed by atoms with Crippen molar-refractivity contribution in [3.8, 4) is 5.75 Å². The van der Waals surface area contributed by atoms with E-state index >= 15 is 0 Å². The molecule has 1 heterocycles. The van der Waals surface area contributed by atoms with Gasteiger partial charge in [-0.2, -0.15) is 0 Å². The molecule has 5 nitrogen and oxygen atoms in total. The third-order valence-electron chi connectivity index (χ3n) is 3.65. The molecule has 0 saturated carbocycles. The minimum Gasteiger partial charge on any atom is -0.480 e. The molecule has 0 aliphatic carbocycles. The lowest BCUT2D eigenvalue weighted by Gasteiger charge is -2.22. The van der Waals surface area contributed by atoms with E-state index in [9.17, 15) is 14.0 Å². The molecule has 2 unspecified atom stereocenters. The second-order valence-corrected chi connectivity index (χ2v) is 6.33. The highest BCUT2D eigenvalue weighted by molar-refractivity contribution is 9.10. The Labute approximate surface area is 136 Å². The van der Waals surface area contributed by atoms with Gasteiger partial charge in [0.05, 0.1) is 11.0 Å². The standard InChI is InChI=1S/C15H17BrFNO4/c1-9-3-4-12(11(16)7-9)22-10(2)13(19)18-6-5-15(17,8-18)14(20)21/h3-4,7,10H,5-6,8H2,1-2H3,(H,20,21). The number of carbonyl (C=O) groups excluding carboxylic acids is 1. The van der Waals surface area contributed by atoms with Crippen molar-refractivity contribution in [2.45, 2.75) is 32.0 Å². The first kappa shape index (κ1) is 16.7.